The van der Waals surface area contributed by atoms with E-state index in [1.807, 2.05) is 6.07 Å². The lowest BCUT2D eigenvalue weighted by Crippen LogP contribution is -2.44. The molecule has 0 aromatic carbocycles. The van der Waals surface area contributed by atoms with Crippen molar-refractivity contribution in [1.29, 1.82) is 0 Å². The van der Waals surface area contributed by atoms with Gasteiger partial charge in [-0.15, -0.1) is 0 Å². The highest BCUT2D eigenvalue weighted by Crippen LogP contribution is 2.37. The normalized spacial score (nSPS) is 32.3. The van der Waals surface area contributed by atoms with Crippen LogP contribution in [0.2, 0.25) is 0 Å². The minimum Gasteiger partial charge on any atom is -0.388 e. The number of hydrogen-bond donors (Lipinski definition) is 2. The smallest absolute Gasteiger partial charge is 0.100 e. The van der Waals surface area contributed by atoms with E-state index >= 15 is 0 Å². The molecule has 4 heteroatoms. The quantitative estimate of drug-likeness (QED) is 0.804. The summed E-state index contributed by atoms with van der Waals surface area (Å²) in [6, 6.07) is 4.91. The Morgan fingerprint density at radius 1 is 1.44 bits per heavy atom. The predicted octanol–water partition coefficient (Wildman–Crippen LogP) is 1.72. The fourth-order valence-electron chi connectivity index (χ4n) is 2.23. The number of alkyl halides is 1. The monoisotopic (exact) mass is 224 g/mol. The van der Waals surface area contributed by atoms with Crippen LogP contribution in [0.15, 0.2) is 24.4 Å². The number of nitrogens with zero attached hydrogens (tertiary/aromatic N) is 1. The average Bonchev–Trinajstić information content (AvgIpc) is 2.33. The van der Waals surface area contributed by atoms with Gasteiger partial charge in [-0.25, -0.2) is 4.39 Å². The lowest BCUT2D eigenvalue weighted by Gasteiger charge is -2.37. The van der Waals surface area contributed by atoms with Crippen molar-refractivity contribution in [2.24, 2.45) is 5.73 Å². The summed E-state index contributed by atoms with van der Waals surface area (Å²) in [7, 11) is 0. The fraction of sp³-hybridized carbons (Fsp3) is 0.583. The first-order valence-corrected chi connectivity index (χ1v) is 5.65. The van der Waals surface area contributed by atoms with Crippen LogP contribution in [0, 0.1) is 0 Å². The van der Waals surface area contributed by atoms with Crippen LogP contribution < -0.4 is 5.73 Å². The van der Waals surface area contributed by atoms with Crippen LogP contribution in [0.1, 0.15) is 37.4 Å². The van der Waals surface area contributed by atoms with Crippen LogP contribution >= 0.6 is 0 Å². The SMILES string of the molecule is NC(c1ccccn1)[C@]1(O)CC[C@@H](F)CC1. The Morgan fingerprint density at radius 3 is 2.69 bits per heavy atom. The number of hydrogen-bond acceptors (Lipinski definition) is 3. The predicted molar refractivity (Wildman–Crippen MR) is 59.5 cm³/mol. The maximum absolute atomic E-state index is 13.0. The van der Waals surface area contributed by atoms with E-state index in [1.165, 1.54) is 0 Å². The van der Waals surface area contributed by atoms with E-state index in [1.54, 1.807) is 18.3 Å². The van der Waals surface area contributed by atoms with Gasteiger partial charge in [-0.3, -0.25) is 4.98 Å². The van der Waals surface area contributed by atoms with Gasteiger partial charge in [-0.2, -0.15) is 0 Å². The van der Waals surface area contributed by atoms with E-state index in [4.69, 9.17) is 5.73 Å². The maximum Gasteiger partial charge on any atom is 0.100 e. The van der Waals surface area contributed by atoms with Gasteiger partial charge in [0.05, 0.1) is 17.3 Å². The summed E-state index contributed by atoms with van der Waals surface area (Å²) in [5.74, 6) is 0. The van der Waals surface area contributed by atoms with Gasteiger partial charge in [-0.1, -0.05) is 6.07 Å². The van der Waals surface area contributed by atoms with Gasteiger partial charge in [0.2, 0.25) is 0 Å². The summed E-state index contributed by atoms with van der Waals surface area (Å²) in [6.07, 6.45) is 2.45. The molecule has 3 N–H and O–H groups in total. The van der Waals surface area contributed by atoms with Crippen molar-refractivity contribution < 1.29 is 9.50 Å². The van der Waals surface area contributed by atoms with E-state index in [9.17, 15) is 9.50 Å². The third kappa shape index (κ3) is 2.23. The molecule has 88 valence electrons. The van der Waals surface area contributed by atoms with Crippen molar-refractivity contribution in [2.75, 3.05) is 0 Å². The number of pyridine rings is 1. The maximum atomic E-state index is 13.0. The molecule has 1 aliphatic carbocycles. The molecule has 16 heavy (non-hydrogen) atoms. The zero-order valence-electron chi connectivity index (χ0n) is 9.14. The van der Waals surface area contributed by atoms with E-state index < -0.39 is 17.8 Å². The fourth-order valence-corrected chi connectivity index (χ4v) is 2.23. The minimum atomic E-state index is -1.00. The molecule has 0 radical (unpaired) electrons. The lowest BCUT2D eigenvalue weighted by molar-refractivity contribution is -0.0373. The van der Waals surface area contributed by atoms with Crippen LogP contribution in [-0.2, 0) is 0 Å². The molecular formula is C12H17FN2O. The second-order valence-corrected chi connectivity index (χ2v) is 4.51. The van der Waals surface area contributed by atoms with Crippen molar-refractivity contribution in [2.45, 2.75) is 43.5 Å². The molecule has 0 aliphatic heterocycles. The van der Waals surface area contributed by atoms with Crippen molar-refractivity contribution in [3.8, 4) is 0 Å². The van der Waals surface area contributed by atoms with Gasteiger partial charge >= 0.3 is 0 Å². The number of nitrogens with two attached hydrogens (primary N) is 1. The Morgan fingerprint density at radius 2 is 2.12 bits per heavy atom. The molecule has 1 aromatic heterocycles. The zero-order chi connectivity index (χ0) is 11.6. The van der Waals surface area contributed by atoms with Crippen LogP contribution in [0.4, 0.5) is 4.39 Å². The Kier molecular flexibility index (Phi) is 3.21. The van der Waals surface area contributed by atoms with Crippen LogP contribution in [0.3, 0.4) is 0 Å². The van der Waals surface area contributed by atoms with Gasteiger partial charge in [-0.05, 0) is 37.8 Å². The molecule has 3 nitrogen and oxygen atoms in total. The number of halogens is 1. The van der Waals surface area contributed by atoms with Crippen molar-refractivity contribution in [1.82, 2.24) is 4.98 Å². The summed E-state index contributed by atoms with van der Waals surface area (Å²) in [5.41, 5.74) is 5.68. The summed E-state index contributed by atoms with van der Waals surface area (Å²) in [4.78, 5) is 4.14. The van der Waals surface area contributed by atoms with Gasteiger partial charge in [0.1, 0.15) is 6.17 Å². The minimum absolute atomic E-state index is 0.386. The first-order valence-electron chi connectivity index (χ1n) is 5.65. The highest BCUT2D eigenvalue weighted by Gasteiger charge is 2.39. The van der Waals surface area contributed by atoms with E-state index in [0.717, 1.165) is 0 Å². The standard InChI is InChI=1S/C12H17FN2O/c13-9-4-6-12(16,7-5-9)11(14)10-3-1-2-8-15-10/h1-3,8-9,11,16H,4-7,14H2/t9-,11?,12+. The molecule has 0 amide bonds. The number of aromatic nitrogens is 1. The second kappa shape index (κ2) is 4.47. The Labute approximate surface area is 94.5 Å². The van der Waals surface area contributed by atoms with Crippen LogP contribution in [-0.4, -0.2) is 21.9 Å². The Bertz CT molecular complexity index is 336. The third-order valence-corrected chi connectivity index (χ3v) is 3.37. The second-order valence-electron chi connectivity index (χ2n) is 4.51. The van der Waals surface area contributed by atoms with Gasteiger partial charge in [0.15, 0.2) is 0 Å². The first kappa shape index (κ1) is 11.5. The molecule has 0 spiro atoms. The van der Waals surface area contributed by atoms with Crippen molar-refractivity contribution in [3.63, 3.8) is 0 Å². The highest BCUT2D eigenvalue weighted by molar-refractivity contribution is 5.13. The lowest BCUT2D eigenvalue weighted by atomic mass is 9.78. The summed E-state index contributed by atoms with van der Waals surface area (Å²) >= 11 is 0. The molecule has 1 saturated carbocycles. The van der Waals surface area contributed by atoms with E-state index in [0.29, 0.717) is 31.4 Å². The molecule has 0 bridgehead atoms. The van der Waals surface area contributed by atoms with E-state index in [2.05, 4.69) is 4.98 Å². The van der Waals surface area contributed by atoms with Crippen LogP contribution in [0.25, 0.3) is 0 Å². The van der Waals surface area contributed by atoms with Crippen molar-refractivity contribution >= 4 is 0 Å². The number of aliphatic hydroxyl groups is 1. The molecule has 1 unspecified atom stereocenters. The van der Waals surface area contributed by atoms with Crippen LogP contribution in [0.5, 0.6) is 0 Å². The molecule has 1 fully saturated rings. The highest BCUT2D eigenvalue weighted by atomic mass is 19.1. The number of rotatable bonds is 2. The Hall–Kier alpha value is -1.00. The molecule has 1 heterocycles. The largest absolute Gasteiger partial charge is 0.388 e. The van der Waals surface area contributed by atoms with Gasteiger partial charge < -0.3 is 10.8 Å². The summed E-state index contributed by atoms with van der Waals surface area (Å²) in [6.45, 7) is 0. The zero-order valence-corrected chi connectivity index (χ0v) is 9.14. The molecule has 1 atom stereocenters. The van der Waals surface area contributed by atoms with E-state index in [-0.39, 0.29) is 0 Å². The first-order chi connectivity index (χ1) is 7.62. The molecule has 0 saturated heterocycles. The van der Waals surface area contributed by atoms with Crippen molar-refractivity contribution in [3.05, 3.63) is 30.1 Å². The molecular weight excluding hydrogens is 207 g/mol. The van der Waals surface area contributed by atoms with Gasteiger partial charge in [0.25, 0.3) is 0 Å². The average molecular weight is 224 g/mol. The molecule has 1 aliphatic rings. The summed E-state index contributed by atoms with van der Waals surface area (Å²) in [5, 5.41) is 10.4. The Balaban J connectivity index is 2.12. The summed E-state index contributed by atoms with van der Waals surface area (Å²) < 4.78 is 13.0. The molecule has 2 rings (SSSR count). The van der Waals surface area contributed by atoms with Gasteiger partial charge in [0, 0.05) is 6.20 Å². The molecule has 1 aromatic rings. The topological polar surface area (TPSA) is 59.1 Å². The third-order valence-electron chi connectivity index (χ3n) is 3.37.